The molecule has 0 saturated heterocycles. The van der Waals surface area contributed by atoms with Crippen molar-refractivity contribution in [2.75, 3.05) is 17.2 Å². The SMILES string of the molecule is Cc1nc2c3ccccc3nc(SCC(=O)N(CC#N)c3ccccc3)n2n1. The van der Waals surface area contributed by atoms with Crippen molar-refractivity contribution in [1.29, 1.82) is 5.26 Å². The van der Waals surface area contributed by atoms with Crippen molar-refractivity contribution >= 4 is 39.9 Å². The highest BCUT2D eigenvalue weighted by Gasteiger charge is 2.18. The normalized spacial score (nSPS) is 10.9. The van der Waals surface area contributed by atoms with Crippen LogP contribution in [0.25, 0.3) is 16.6 Å². The number of benzene rings is 2. The molecule has 0 saturated carbocycles. The van der Waals surface area contributed by atoms with Crippen molar-refractivity contribution < 1.29 is 4.79 Å². The van der Waals surface area contributed by atoms with E-state index in [0.29, 0.717) is 16.7 Å². The lowest BCUT2D eigenvalue weighted by Gasteiger charge is -2.19. The molecule has 4 aromatic rings. The van der Waals surface area contributed by atoms with Gasteiger partial charge >= 0.3 is 0 Å². The number of nitriles is 1. The molecule has 138 valence electrons. The molecule has 1 amide bonds. The van der Waals surface area contributed by atoms with Crippen LogP contribution in [-0.2, 0) is 4.79 Å². The Hall–Kier alpha value is -3.44. The molecule has 0 N–H and O–H groups in total. The Morgan fingerprint density at radius 3 is 2.68 bits per heavy atom. The maximum atomic E-state index is 12.8. The summed E-state index contributed by atoms with van der Waals surface area (Å²) in [5, 5.41) is 15.0. The first-order valence-electron chi connectivity index (χ1n) is 8.64. The number of hydrogen-bond donors (Lipinski definition) is 0. The summed E-state index contributed by atoms with van der Waals surface area (Å²) in [5.74, 6) is 0.607. The van der Waals surface area contributed by atoms with Gasteiger partial charge in [-0.2, -0.15) is 9.78 Å². The van der Waals surface area contributed by atoms with Gasteiger partial charge in [0, 0.05) is 11.1 Å². The summed E-state index contributed by atoms with van der Waals surface area (Å²) < 4.78 is 1.67. The number of carbonyl (C=O) groups excluding carboxylic acids is 1. The molecule has 0 bridgehead atoms. The van der Waals surface area contributed by atoms with Gasteiger partial charge < -0.3 is 0 Å². The lowest BCUT2D eigenvalue weighted by molar-refractivity contribution is -0.116. The lowest BCUT2D eigenvalue weighted by atomic mass is 10.2. The fourth-order valence-electron chi connectivity index (χ4n) is 2.93. The molecule has 0 spiro atoms. The van der Waals surface area contributed by atoms with E-state index in [0.717, 1.165) is 16.6 Å². The van der Waals surface area contributed by atoms with Crippen molar-refractivity contribution in [3.8, 4) is 6.07 Å². The third-order valence-electron chi connectivity index (χ3n) is 4.18. The highest BCUT2D eigenvalue weighted by atomic mass is 32.2. The first-order chi connectivity index (χ1) is 13.7. The van der Waals surface area contributed by atoms with Gasteiger partial charge in [0.1, 0.15) is 12.4 Å². The second kappa shape index (κ2) is 7.66. The van der Waals surface area contributed by atoms with E-state index in [1.54, 1.807) is 4.52 Å². The number of hydrogen-bond acceptors (Lipinski definition) is 6. The van der Waals surface area contributed by atoms with Crippen molar-refractivity contribution in [2.45, 2.75) is 12.1 Å². The summed E-state index contributed by atoms with van der Waals surface area (Å²) in [6, 6.07) is 18.9. The van der Waals surface area contributed by atoms with Crippen LogP contribution in [0.4, 0.5) is 5.69 Å². The zero-order chi connectivity index (χ0) is 19.5. The standard InChI is InChI=1S/C20H16N6OS/c1-14-22-19-16-9-5-6-10-17(16)23-20(26(19)24-14)28-13-18(27)25(12-11-21)15-7-3-2-4-8-15/h2-10H,12-13H2,1H3. The number of amides is 1. The van der Waals surface area contributed by atoms with Crippen molar-refractivity contribution in [1.82, 2.24) is 19.6 Å². The van der Waals surface area contributed by atoms with Crippen LogP contribution >= 0.6 is 11.8 Å². The van der Waals surface area contributed by atoms with E-state index in [1.807, 2.05) is 61.5 Å². The molecule has 8 heteroatoms. The van der Waals surface area contributed by atoms with Crippen LogP contribution in [0, 0.1) is 18.3 Å². The number of carbonyl (C=O) groups is 1. The minimum atomic E-state index is -0.169. The average Bonchev–Trinajstić information content (AvgIpc) is 3.12. The van der Waals surface area contributed by atoms with E-state index >= 15 is 0 Å². The van der Waals surface area contributed by atoms with E-state index in [2.05, 4.69) is 21.1 Å². The molecule has 4 rings (SSSR count). The number of aryl methyl sites for hydroxylation is 1. The Morgan fingerprint density at radius 2 is 1.89 bits per heavy atom. The zero-order valence-corrected chi connectivity index (χ0v) is 15.9. The molecular formula is C20H16N6OS. The van der Waals surface area contributed by atoms with Gasteiger partial charge in [-0.05, 0) is 31.2 Å². The highest BCUT2D eigenvalue weighted by molar-refractivity contribution is 7.99. The number of para-hydroxylation sites is 2. The quantitative estimate of drug-likeness (QED) is 0.296. The molecular weight excluding hydrogens is 372 g/mol. The second-order valence-corrected chi connectivity index (χ2v) is 7.01. The van der Waals surface area contributed by atoms with Crippen LogP contribution < -0.4 is 4.90 Å². The predicted octanol–water partition coefficient (Wildman–Crippen LogP) is 3.23. The molecule has 0 aliphatic heterocycles. The van der Waals surface area contributed by atoms with E-state index in [1.165, 1.54) is 16.7 Å². The van der Waals surface area contributed by atoms with E-state index in [-0.39, 0.29) is 18.2 Å². The van der Waals surface area contributed by atoms with E-state index in [4.69, 9.17) is 5.26 Å². The van der Waals surface area contributed by atoms with Gasteiger partial charge in [-0.1, -0.05) is 42.1 Å². The summed E-state index contributed by atoms with van der Waals surface area (Å²) in [7, 11) is 0. The van der Waals surface area contributed by atoms with Crippen LogP contribution in [0.1, 0.15) is 5.82 Å². The molecule has 2 aromatic carbocycles. The Balaban J connectivity index is 1.64. The van der Waals surface area contributed by atoms with Gasteiger partial charge in [-0.15, -0.1) is 5.10 Å². The Morgan fingerprint density at radius 1 is 1.14 bits per heavy atom. The number of rotatable bonds is 5. The van der Waals surface area contributed by atoms with E-state index in [9.17, 15) is 4.79 Å². The van der Waals surface area contributed by atoms with Gasteiger partial charge in [0.25, 0.3) is 0 Å². The fraction of sp³-hybridized carbons (Fsp3) is 0.150. The fourth-order valence-corrected chi connectivity index (χ4v) is 3.75. The number of nitrogens with zero attached hydrogens (tertiary/aromatic N) is 6. The molecule has 2 heterocycles. The average molecular weight is 388 g/mol. The monoisotopic (exact) mass is 388 g/mol. The molecule has 7 nitrogen and oxygen atoms in total. The van der Waals surface area contributed by atoms with Crippen LogP contribution in [0.2, 0.25) is 0 Å². The van der Waals surface area contributed by atoms with Crippen LogP contribution in [0.15, 0.2) is 59.8 Å². The Labute approximate surface area is 165 Å². The summed E-state index contributed by atoms with van der Waals surface area (Å²) in [4.78, 5) is 23.4. The van der Waals surface area contributed by atoms with Gasteiger partial charge in [-0.25, -0.2) is 9.97 Å². The van der Waals surface area contributed by atoms with Crippen molar-refractivity contribution in [3.63, 3.8) is 0 Å². The number of anilines is 1. The summed E-state index contributed by atoms with van der Waals surface area (Å²) in [6.07, 6.45) is 0. The van der Waals surface area contributed by atoms with Gasteiger partial charge in [0.05, 0.1) is 17.3 Å². The summed E-state index contributed by atoms with van der Waals surface area (Å²) in [6.45, 7) is 1.82. The Kier molecular flexibility index (Phi) is 4.91. The first kappa shape index (κ1) is 17.9. The van der Waals surface area contributed by atoms with Crippen LogP contribution in [0.3, 0.4) is 0 Å². The summed E-state index contributed by atoms with van der Waals surface area (Å²) in [5.41, 5.74) is 2.21. The predicted molar refractivity (Wildman–Crippen MR) is 108 cm³/mol. The van der Waals surface area contributed by atoms with E-state index < -0.39 is 0 Å². The lowest BCUT2D eigenvalue weighted by Crippen LogP contribution is -2.32. The molecule has 2 aromatic heterocycles. The molecule has 0 fully saturated rings. The number of aromatic nitrogens is 4. The van der Waals surface area contributed by atoms with Crippen molar-refractivity contribution in [2.24, 2.45) is 0 Å². The molecule has 0 aliphatic rings. The maximum absolute atomic E-state index is 12.8. The zero-order valence-electron chi connectivity index (χ0n) is 15.1. The first-order valence-corrected chi connectivity index (χ1v) is 9.63. The topological polar surface area (TPSA) is 87.2 Å². The third kappa shape index (κ3) is 3.40. The minimum absolute atomic E-state index is 0.00754. The van der Waals surface area contributed by atoms with Crippen LogP contribution in [-0.4, -0.2) is 37.8 Å². The van der Waals surface area contributed by atoms with Gasteiger partial charge in [0.2, 0.25) is 5.91 Å². The minimum Gasteiger partial charge on any atom is -0.298 e. The van der Waals surface area contributed by atoms with Gasteiger partial charge in [-0.3, -0.25) is 9.69 Å². The third-order valence-corrected chi connectivity index (χ3v) is 5.09. The van der Waals surface area contributed by atoms with Crippen molar-refractivity contribution in [3.05, 3.63) is 60.4 Å². The molecule has 0 radical (unpaired) electrons. The molecule has 28 heavy (non-hydrogen) atoms. The highest BCUT2D eigenvalue weighted by Crippen LogP contribution is 2.24. The largest absolute Gasteiger partial charge is 0.298 e. The molecule has 0 aliphatic carbocycles. The molecule has 0 unspecified atom stereocenters. The molecule has 0 atom stereocenters. The van der Waals surface area contributed by atoms with Gasteiger partial charge in [0.15, 0.2) is 10.8 Å². The maximum Gasteiger partial charge on any atom is 0.238 e. The second-order valence-electron chi connectivity index (χ2n) is 6.07. The smallest absolute Gasteiger partial charge is 0.238 e. The van der Waals surface area contributed by atoms with Crippen LogP contribution in [0.5, 0.6) is 0 Å². The Bertz CT molecular complexity index is 1200. The summed E-state index contributed by atoms with van der Waals surface area (Å²) >= 11 is 1.28. The number of thioether (sulfide) groups is 1. The number of fused-ring (bicyclic) bond motifs is 3.